The molecule has 3 aromatic rings. The molecule has 2 atom stereocenters. The third kappa shape index (κ3) is 3.17. The maximum Gasteiger partial charge on any atom is 0.256 e. The smallest absolute Gasteiger partial charge is 0.256 e. The van der Waals surface area contributed by atoms with Crippen LogP contribution in [-0.2, 0) is 19.3 Å². The predicted molar refractivity (Wildman–Crippen MR) is 115 cm³/mol. The summed E-state index contributed by atoms with van der Waals surface area (Å²) in [5, 5.41) is 1.24. The van der Waals surface area contributed by atoms with Crippen LogP contribution in [0.5, 0.6) is 0 Å². The number of hydrogen-bond acceptors (Lipinski definition) is 2. The first-order chi connectivity index (χ1) is 14.2. The van der Waals surface area contributed by atoms with Gasteiger partial charge in [-0.15, -0.1) is 0 Å². The number of nitrogens with zero attached hydrogens (tertiary/aromatic N) is 3. The van der Waals surface area contributed by atoms with Crippen molar-refractivity contribution in [1.82, 2.24) is 19.4 Å². The number of piperidine rings is 1. The Morgan fingerprint density at radius 1 is 1.31 bits per heavy atom. The lowest BCUT2D eigenvalue weighted by atomic mass is 9.87. The van der Waals surface area contributed by atoms with Gasteiger partial charge in [-0.2, -0.15) is 0 Å². The van der Waals surface area contributed by atoms with Gasteiger partial charge >= 0.3 is 0 Å². The van der Waals surface area contributed by atoms with Crippen LogP contribution in [0.3, 0.4) is 0 Å². The number of aromatic amines is 1. The van der Waals surface area contributed by atoms with Crippen LogP contribution in [0.2, 0.25) is 0 Å². The second-order valence-electron chi connectivity index (χ2n) is 8.81. The molecule has 2 unspecified atom stereocenters. The number of para-hydroxylation sites is 1. The molecule has 0 saturated carbocycles. The summed E-state index contributed by atoms with van der Waals surface area (Å²) in [6, 6.07) is 6.54. The Balaban J connectivity index is 1.45. The molecule has 5 heteroatoms. The molecule has 29 heavy (non-hydrogen) atoms. The normalized spacial score (nSPS) is 22.1. The predicted octanol–water partition coefficient (Wildman–Crippen LogP) is 4.53. The molecule has 0 radical (unpaired) electrons. The molecule has 1 fully saturated rings. The number of fused-ring (bicyclic) bond motifs is 3. The molecule has 1 amide bonds. The number of amides is 1. The number of nitrogens with one attached hydrogen (secondary N) is 1. The van der Waals surface area contributed by atoms with Crippen molar-refractivity contribution in [1.29, 1.82) is 0 Å². The molecule has 5 nitrogen and oxygen atoms in total. The van der Waals surface area contributed by atoms with E-state index in [4.69, 9.17) is 0 Å². The Morgan fingerprint density at radius 2 is 2.21 bits per heavy atom. The van der Waals surface area contributed by atoms with Gasteiger partial charge in [-0.05, 0) is 49.7 Å². The molecule has 3 heterocycles. The number of likely N-dealkylation sites (tertiary alicyclic amines) is 1. The molecule has 1 aliphatic carbocycles. The van der Waals surface area contributed by atoms with Crippen molar-refractivity contribution in [3.05, 3.63) is 53.2 Å². The molecule has 1 aromatic carbocycles. The van der Waals surface area contributed by atoms with Gasteiger partial charge in [-0.25, -0.2) is 4.98 Å². The maximum atomic E-state index is 13.5. The quantitative estimate of drug-likeness (QED) is 0.714. The van der Waals surface area contributed by atoms with Crippen molar-refractivity contribution < 1.29 is 4.79 Å². The summed E-state index contributed by atoms with van der Waals surface area (Å²) in [4.78, 5) is 23.7. The average Bonchev–Trinajstić information content (AvgIpc) is 3.37. The second kappa shape index (κ2) is 7.36. The van der Waals surface area contributed by atoms with Gasteiger partial charge in [-0.1, -0.05) is 26.0 Å². The summed E-state index contributed by atoms with van der Waals surface area (Å²) >= 11 is 0. The third-order valence-electron chi connectivity index (χ3n) is 6.84. The summed E-state index contributed by atoms with van der Waals surface area (Å²) < 4.78 is 2.27. The zero-order chi connectivity index (χ0) is 20.0. The van der Waals surface area contributed by atoms with Gasteiger partial charge < -0.3 is 14.5 Å². The summed E-state index contributed by atoms with van der Waals surface area (Å²) in [7, 11) is 0. The van der Waals surface area contributed by atoms with E-state index in [0.717, 1.165) is 62.1 Å². The highest BCUT2D eigenvalue weighted by Gasteiger charge is 2.28. The lowest BCUT2D eigenvalue weighted by molar-refractivity contribution is 0.0680. The minimum atomic E-state index is 0.158. The fourth-order valence-electron chi connectivity index (χ4n) is 5.28. The Labute approximate surface area is 172 Å². The van der Waals surface area contributed by atoms with E-state index in [-0.39, 0.29) is 5.91 Å². The highest BCUT2D eigenvalue weighted by Crippen LogP contribution is 2.34. The number of aromatic nitrogens is 3. The fraction of sp³-hybridized carbons (Fsp3) is 0.500. The van der Waals surface area contributed by atoms with Crippen molar-refractivity contribution >= 4 is 16.8 Å². The monoisotopic (exact) mass is 390 g/mol. The number of hydrogen-bond donors (Lipinski definition) is 1. The van der Waals surface area contributed by atoms with Crippen LogP contribution in [0.25, 0.3) is 10.9 Å². The molecule has 2 aromatic heterocycles. The summed E-state index contributed by atoms with van der Waals surface area (Å²) in [6.07, 6.45) is 10.4. The Bertz CT molecular complexity index is 1050. The zero-order valence-electron chi connectivity index (χ0n) is 17.4. The van der Waals surface area contributed by atoms with E-state index in [1.54, 1.807) is 0 Å². The van der Waals surface area contributed by atoms with Crippen LogP contribution in [0, 0.1) is 5.92 Å². The zero-order valence-corrected chi connectivity index (χ0v) is 17.4. The van der Waals surface area contributed by atoms with E-state index in [1.807, 2.05) is 17.2 Å². The van der Waals surface area contributed by atoms with Gasteiger partial charge in [0.25, 0.3) is 5.91 Å². The lowest BCUT2D eigenvalue weighted by Gasteiger charge is -2.34. The molecule has 1 N–H and O–H groups in total. The molecule has 1 aliphatic heterocycles. The Kier molecular flexibility index (Phi) is 4.69. The number of carbonyl (C=O) groups is 1. The number of rotatable bonds is 3. The maximum absolute atomic E-state index is 13.5. The van der Waals surface area contributed by atoms with Crippen molar-refractivity contribution in [3.63, 3.8) is 0 Å². The first-order valence-electron chi connectivity index (χ1n) is 11.1. The van der Waals surface area contributed by atoms with Gasteiger partial charge in [0.15, 0.2) is 0 Å². The fourth-order valence-corrected chi connectivity index (χ4v) is 5.28. The van der Waals surface area contributed by atoms with Crippen LogP contribution in [0.15, 0.2) is 30.6 Å². The number of H-pyrrole nitrogens is 1. The van der Waals surface area contributed by atoms with Gasteiger partial charge in [-0.3, -0.25) is 4.79 Å². The molecule has 2 aliphatic rings. The van der Waals surface area contributed by atoms with Crippen LogP contribution in [-0.4, -0.2) is 38.4 Å². The third-order valence-corrected chi connectivity index (χ3v) is 6.84. The van der Waals surface area contributed by atoms with Gasteiger partial charge in [0.1, 0.15) is 5.82 Å². The number of carbonyl (C=O) groups excluding carboxylic acids is 1. The minimum absolute atomic E-state index is 0.158. The largest absolute Gasteiger partial charge is 0.358 e. The van der Waals surface area contributed by atoms with Crippen LogP contribution in [0.1, 0.15) is 66.6 Å². The van der Waals surface area contributed by atoms with Crippen LogP contribution >= 0.6 is 0 Å². The van der Waals surface area contributed by atoms with E-state index in [2.05, 4.69) is 46.7 Å². The highest BCUT2D eigenvalue weighted by atomic mass is 16.2. The number of imidazole rings is 1. The average molecular weight is 391 g/mol. The topological polar surface area (TPSA) is 53.9 Å². The van der Waals surface area contributed by atoms with E-state index in [9.17, 15) is 4.79 Å². The van der Waals surface area contributed by atoms with Crippen molar-refractivity contribution in [2.24, 2.45) is 5.92 Å². The number of aryl methyl sites for hydroxylation is 2. The summed E-state index contributed by atoms with van der Waals surface area (Å²) in [6.45, 7) is 6.06. The Hall–Kier alpha value is -2.56. The molecular formula is C24H30N4O. The molecule has 1 saturated heterocycles. The Morgan fingerprint density at radius 3 is 3.07 bits per heavy atom. The first-order valence-corrected chi connectivity index (χ1v) is 11.1. The van der Waals surface area contributed by atoms with E-state index in [0.29, 0.717) is 12.0 Å². The van der Waals surface area contributed by atoms with Crippen molar-refractivity contribution in [2.45, 2.75) is 58.4 Å². The van der Waals surface area contributed by atoms with E-state index in [1.165, 1.54) is 23.1 Å². The van der Waals surface area contributed by atoms with Gasteiger partial charge in [0, 0.05) is 43.0 Å². The summed E-state index contributed by atoms with van der Waals surface area (Å²) in [5.41, 5.74) is 4.62. The standard InChI is InChI=1S/C24H30N4O/c1-3-22-25-11-13-28(22)17-6-5-12-27(15-17)24(29)19-8-4-7-18-20-14-16(2)9-10-21(20)26-23(18)19/h4,7-8,11,13,16-17,26H,3,5-6,9-10,12,14-15H2,1-2H3. The number of benzene rings is 1. The molecule has 5 rings (SSSR count). The van der Waals surface area contributed by atoms with E-state index < -0.39 is 0 Å². The second-order valence-corrected chi connectivity index (χ2v) is 8.81. The highest BCUT2D eigenvalue weighted by molar-refractivity contribution is 6.06. The SMILES string of the molecule is CCc1nccn1C1CCCN(C(=O)c2cccc3c4c([nH]c23)CCC(C)C4)C1. The molecule has 152 valence electrons. The summed E-state index contributed by atoms with van der Waals surface area (Å²) in [5.74, 6) is 1.98. The molecule has 0 spiro atoms. The van der Waals surface area contributed by atoms with Crippen molar-refractivity contribution in [2.75, 3.05) is 13.1 Å². The lowest BCUT2D eigenvalue weighted by Crippen LogP contribution is -2.41. The van der Waals surface area contributed by atoms with Crippen LogP contribution in [0.4, 0.5) is 0 Å². The van der Waals surface area contributed by atoms with Gasteiger partial charge in [0.05, 0.1) is 17.1 Å². The van der Waals surface area contributed by atoms with E-state index >= 15 is 0 Å². The first kappa shape index (κ1) is 18.5. The minimum Gasteiger partial charge on any atom is -0.358 e. The molecule has 0 bridgehead atoms. The van der Waals surface area contributed by atoms with Crippen molar-refractivity contribution in [3.8, 4) is 0 Å². The molecular weight excluding hydrogens is 360 g/mol. The van der Waals surface area contributed by atoms with Crippen LogP contribution < -0.4 is 0 Å². The van der Waals surface area contributed by atoms with Gasteiger partial charge in [0.2, 0.25) is 0 Å².